The Labute approximate surface area is 122 Å². The first-order chi connectivity index (χ1) is 8.84. The number of hydrogen-bond donors (Lipinski definition) is 1. The van der Waals surface area contributed by atoms with Gasteiger partial charge in [0.25, 0.3) is 0 Å². The molecule has 1 aromatic heterocycles. The van der Waals surface area contributed by atoms with E-state index >= 15 is 0 Å². The van der Waals surface area contributed by atoms with E-state index in [1.807, 2.05) is 11.8 Å². The molecule has 0 amide bonds. The van der Waals surface area contributed by atoms with Crippen LogP contribution in [0.3, 0.4) is 0 Å². The molecule has 0 radical (unpaired) electrons. The zero-order valence-corrected chi connectivity index (χ0v) is 13.8. The summed E-state index contributed by atoms with van der Waals surface area (Å²) in [6.45, 7) is 10.4. The van der Waals surface area contributed by atoms with Crippen LogP contribution in [0.15, 0.2) is 6.07 Å². The first-order valence-electron chi connectivity index (χ1n) is 7.27. The van der Waals surface area contributed by atoms with E-state index in [9.17, 15) is 0 Å². The molecule has 0 aliphatic heterocycles. The van der Waals surface area contributed by atoms with Crippen LogP contribution in [-0.2, 0) is 13.0 Å². The van der Waals surface area contributed by atoms with Gasteiger partial charge in [-0.05, 0) is 54.7 Å². The Kier molecular flexibility index (Phi) is 4.36. The van der Waals surface area contributed by atoms with Gasteiger partial charge in [-0.3, -0.25) is 0 Å². The minimum absolute atomic E-state index is 0.217. The van der Waals surface area contributed by atoms with Crippen LogP contribution in [0, 0.1) is 18.3 Å². The van der Waals surface area contributed by atoms with Crippen LogP contribution in [0.2, 0.25) is 0 Å². The lowest BCUT2D eigenvalue weighted by Gasteiger charge is -2.35. The Hall–Kier alpha value is -0.410. The molecule has 19 heavy (non-hydrogen) atoms. The van der Waals surface area contributed by atoms with E-state index in [0.29, 0.717) is 11.3 Å². The molecule has 0 bridgehead atoms. The van der Waals surface area contributed by atoms with Gasteiger partial charge in [-0.2, -0.15) is 11.8 Å². The van der Waals surface area contributed by atoms with E-state index in [2.05, 4.69) is 44.6 Å². The predicted octanol–water partition coefficient (Wildman–Crippen LogP) is 3.77. The Morgan fingerprint density at radius 1 is 1.53 bits per heavy atom. The lowest BCUT2D eigenvalue weighted by atomic mass is 9.74. The van der Waals surface area contributed by atoms with E-state index < -0.39 is 0 Å². The van der Waals surface area contributed by atoms with Crippen molar-refractivity contribution in [2.24, 2.45) is 17.1 Å². The fraction of sp³-hybridized carbons (Fsp3) is 0.750. The average molecular weight is 280 g/mol. The van der Waals surface area contributed by atoms with Crippen LogP contribution in [-0.4, -0.2) is 16.6 Å². The second-order valence-electron chi connectivity index (χ2n) is 7.01. The zero-order valence-electron chi connectivity index (χ0n) is 13.0. The highest BCUT2D eigenvalue weighted by molar-refractivity contribution is 7.98. The highest BCUT2D eigenvalue weighted by Crippen LogP contribution is 2.41. The minimum Gasteiger partial charge on any atom is -0.348 e. The lowest BCUT2D eigenvalue weighted by Crippen LogP contribution is -2.31. The molecule has 0 fully saturated rings. The summed E-state index contributed by atoms with van der Waals surface area (Å²) in [7, 11) is 0. The van der Waals surface area contributed by atoms with Crippen LogP contribution in [0.25, 0.3) is 0 Å². The molecule has 1 heterocycles. The number of thioether (sulfide) groups is 1. The molecule has 108 valence electrons. The summed E-state index contributed by atoms with van der Waals surface area (Å²) in [5.41, 5.74) is 11.0. The summed E-state index contributed by atoms with van der Waals surface area (Å²) in [4.78, 5) is 0. The van der Waals surface area contributed by atoms with Crippen molar-refractivity contribution in [2.45, 2.75) is 53.1 Å². The second kappa shape index (κ2) is 5.53. The van der Waals surface area contributed by atoms with Crippen LogP contribution in [0.5, 0.6) is 0 Å². The van der Waals surface area contributed by atoms with Gasteiger partial charge in [0.1, 0.15) is 0 Å². The predicted molar refractivity (Wildman–Crippen MR) is 85.7 cm³/mol. The third kappa shape index (κ3) is 3.19. The quantitative estimate of drug-likeness (QED) is 0.910. The van der Waals surface area contributed by atoms with Crippen LogP contribution in [0.1, 0.15) is 50.2 Å². The monoisotopic (exact) mass is 280 g/mol. The molecular formula is C16H28N2S. The second-order valence-corrected chi connectivity index (χ2v) is 7.92. The van der Waals surface area contributed by atoms with Crippen molar-refractivity contribution >= 4 is 11.8 Å². The minimum atomic E-state index is 0.217. The third-order valence-electron chi connectivity index (χ3n) is 4.21. The maximum Gasteiger partial charge on any atom is 0.0318 e. The molecule has 2 atom stereocenters. The van der Waals surface area contributed by atoms with Gasteiger partial charge >= 0.3 is 0 Å². The van der Waals surface area contributed by atoms with Crippen LogP contribution < -0.4 is 5.73 Å². The number of hydrogen-bond acceptors (Lipinski definition) is 2. The van der Waals surface area contributed by atoms with Crippen molar-refractivity contribution in [1.29, 1.82) is 0 Å². The van der Waals surface area contributed by atoms with Crippen LogP contribution in [0.4, 0.5) is 0 Å². The maximum atomic E-state index is 6.38. The van der Waals surface area contributed by atoms with E-state index in [1.54, 1.807) is 0 Å². The first-order valence-corrected chi connectivity index (χ1v) is 8.67. The van der Waals surface area contributed by atoms with E-state index in [1.165, 1.54) is 22.7 Å². The van der Waals surface area contributed by atoms with Crippen molar-refractivity contribution in [2.75, 3.05) is 12.0 Å². The van der Waals surface area contributed by atoms with Gasteiger partial charge < -0.3 is 10.3 Å². The van der Waals surface area contributed by atoms with Gasteiger partial charge in [-0.25, -0.2) is 0 Å². The number of aromatic nitrogens is 1. The summed E-state index contributed by atoms with van der Waals surface area (Å²) in [6.07, 6.45) is 4.45. The average Bonchev–Trinajstić information content (AvgIpc) is 2.56. The lowest BCUT2D eigenvalue weighted by molar-refractivity contribution is 0.273. The van der Waals surface area contributed by atoms with Crippen molar-refractivity contribution < 1.29 is 0 Å². The summed E-state index contributed by atoms with van der Waals surface area (Å²) < 4.78 is 2.52. The van der Waals surface area contributed by atoms with Gasteiger partial charge in [0.15, 0.2) is 0 Å². The van der Waals surface area contributed by atoms with E-state index in [-0.39, 0.29) is 6.04 Å². The Balaban J connectivity index is 2.31. The van der Waals surface area contributed by atoms with E-state index in [0.717, 1.165) is 19.4 Å². The Bertz CT molecular complexity index is 448. The largest absolute Gasteiger partial charge is 0.348 e. The fourth-order valence-corrected chi connectivity index (χ4v) is 4.08. The molecule has 1 aromatic rings. The molecule has 3 heteroatoms. The SMILES string of the molecule is CSCC(C)Cn1c(C)cc2c1CC(C)(C)CC2N. The number of aryl methyl sites for hydroxylation is 1. The standard InChI is InChI=1S/C16H28N2S/c1-11(10-19-5)9-18-12(2)6-13-14(17)7-16(3,4)8-15(13)18/h6,11,14H,7-10,17H2,1-5H3. The summed E-state index contributed by atoms with van der Waals surface area (Å²) in [5.74, 6) is 1.94. The highest BCUT2D eigenvalue weighted by atomic mass is 32.2. The highest BCUT2D eigenvalue weighted by Gasteiger charge is 2.33. The number of nitrogens with two attached hydrogens (primary N) is 1. The van der Waals surface area contributed by atoms with Crippen molar-refractivity contribution in [3.63, 3.8) is 0 Å². The van der Waals surface area contributed by atoms with Gasteiger partial charge in [0, 0.05) is 24.0 Å². The first kappa shape index (κ1) is 15.0. The van der Waals surface area contributed by atoms with E-state index in [4.69, 9.17) is 5.73 Å². The summed E-state index contributed by atoms with van der Waals surface area (Å²) in [5, 5.41) is 0. The van der Waals surface area contributed by atoms with Gasteiger partial charge in [0.05, 0.1) is 0 Å². The smallest absolute Gasteiger partial charge is 0.0318 e. The normalized spacial score (nSPS) is 23.2. The number of fused-ring (bicyclic) bond motifs is 1. The van der Waals surface area contributed by atoms with Crippen molar-refractivity contribution in [3.8, 4) is 0 Å². The van der Waals surface area contributed by atoms with Gasteiger partial charge in [-0.15, -0.1) is 0 Å². The maximum absolute atomic E-state index is 6.38. The molecule has 0 saturated heterocycles. The number of nitrogens with zero attached hydrogens (tertiary/aromatic N) is 1. The zero-order chi connectivity index (χ0) is 14.2. The Morgan fingerprint density at radius 2 is 2.21 bits per heavy atom. The molecule has 2 unspecified atom stereocenters. The molecule has 1 aliphatic carbocycles. The van der Waals surface area contributed by atoms with Crippen molar-refractivity contribution in [1.82, 2.24) is 4.57 Å². The molecule has 2 rings (SSSR count). The summed E-state index contributed by atoms with van der Waals surface area (Å²) >= 11 is 1.94. The van der Waals surface area contributed by atoms with Crippen LogP contribution >= 0.6 is 11.8 Å². The number of rotatable bonds is 4. The molecule has 0 spiro atoms. The molecule has 0 saturated carbocycles. The fourth-order valence-electron chi connectivity index (χ4n) is 3.41. The molecule has 1 aliphatic rings. The topological polar surface area (TPSA) is 30.9 Å². The molecule has 0 aromatic carbocycles. The van der Waals surface area contributed by atoms with Gasteiger partial charge in [0.2, 0.25) is 0 Å². The Morgan fingerprint density at radius 3 is 2.84 bits per heavy atom. The molecule has 2 N–H and O–H groups in total. The van der Waals surface area contributed by atoms with Gasteiger partial charge in [-0.1, -0.05) is 20.8 Å². The third-order valence-corrected chi connectivity index (χ3v) is 5.11. The summed E-state index contributed by atoms with van der Waals surface area (Å²) in [6, 6.07) is 2.54. The molecular weight excluding hydrogens is 252 g/mol. The van der Waals surface area contributed by atoms with Crippen molar-refractivity contribution in [3.05, 3.63) is 23.0 Å². The molecule has 2 nitrogen and oxygen atoms in total.